The van der Waals surface area contributed by atoms with Crippen LogP contribution in [0.1, 0.15) is 69.7 Å². The number of hydrazine groups is 2. The van der Waals surface area contributed by atoms with Gasteiger partial charge in [0, 0.05) is 80.3 Å². The second-order valence-electron chi connectivity index (χ2n) is 16.6. The lowest BCUT2D eigenvalue weighted by atomic mass is 9.86. The maximum Gasteiger partial charge on any atom is 0.270 e. The van der Waals surface area contributed by atoms with Crippen LogP contribution in [0.25, 0.3) is 27.7 Å². The highest BCUT2D eigenvalue weighted by molar-refractivity contribution is 6.01. The number of fused-ring (bicyclic) bond motifs is 1. The number of piperidine rings is 1. The molecule has 2 aromatic heterocycles. The molecule has 0 radical (unpaired) electrons. The number of pyridine rings is 1. The van der Waals surface area contributed by atoms with Crippen LogP contribution in [0.3, 0.4) is 0 Å². The summed E-state index contributed by atoms with van der Waals surface area (Å²) in [5.41, 5.74) is 16.0. The molecular weight excluding hydrogens is 717 g/mol. The number of imide groups is 1. The fourth-order valence-electron chi connectivity index (χ4n) is 8.00. The monoisotopic (exact) mass is 768 g/mol. The van der Waals surface area contributed by atoms with Gasteiger partial charge in [0.05, 0.1) is 11.6 Å². The van der Waals surface area contributed by atoms with Gasteiger partial charge >= 0.3 is 0 Å². The van der Waals surface area contributed by atoms with E-state index in [0.29, 0.717) is 30.7 Å². The van der Waals surface area contributed by atoms with E-state index in [9.17, 15) is 14.4 Å². The molecule has 2 fully saturated rings. The second kappa shape index (κ2) is 16.0. The van der Waals surface area contributed by atoms with Crippen LogP contribution in [0.4, 0.5) is 5.69 Å². The molecule has 2 saturated heterocycles. The molecule has 4 aromatic rings. The van der Waals surface area contributed by atoms with E-state index in [1.165, 1.54) is 22.4 Å². The first kappa shape index (κ1) is 38.1. The highest BCUT2D eigenvalue weighted by Crippen LogP contribution is 2.35. The van der Waals surface area contributed by atoms with Crippen molar-refractivity contribution in [2.24, 2.45) is 5.92 Å². The molecule has 5 heterocycles. The fourth-order valence-corrected chi connectivity index (χ4v) is 8.00. The molecule has 3 aliphatic heterocycles. The quantitative estimate of drug-likeness (QED) is 0.141. The zero-order valence-electron chi connectivity index (χ0n) is 33.2. The largest absolute Gasteiger partial charge is 0.369 e. The average Bonchev–Trinajstić information content (AvgIpc) is 3.89. The number of benzene rings is 2. The Morgan fingerprint density at radius 2 is 1.74 bits per heavy atom. The first-order valence-corrected chi connectivity index (χ1v) is 20.0. The number of carbonyl (C=O) groups is 3. The summed E-state index contributed by atoms with van der Waals surface area (Å²) in [7, 11) is 0. The van der Waals surface area contributed by atoms with Gasteiger partial charge < -0.3 is 10.2 Å². The standard InChI is InChI=1S/C44H52N10O3/c1-28-23-32(9-10-33(28)25-46-43(57)38-27-54(51-48-38)44(2,3)4)40-37-24-34(26-45-41(37)50-49-40)30-11-13-35(14-12-30)53-21-19-52(20-22-53)18-17-29-5-7-31(8-6-29)36-15-16-39(55)47-42(36)56/h5-14,24,26-28,36,48,51H,15-23,25H2,1-4H3,(H,46,57)(H,45,49,50)(H,47,55,56). The van der Waals surface area contributed by atoms with Crippen molar-refractivity contribution in [2.75, 3.05) is 44.2 Å². The molecule has 13 heteroatoms. The summed E-state index contributed by atoms with van der Waals surface area (Å²) in [6.45, 7) is 13.8. The lowest BCUT2D eigenvalue weighted by Crippen LogP contribution is -2.48. The molecule has 57 heavy (non-hydrogen) atoms. The topological polar surface area (TPSA) is 151 Å². The van der Waals surface area contributed by atoms with Crippen LogP contribution >= 0.6 is 0 Å². The summed E-state index contributed by atoms with van der Waals surface area (Å²) in [6.07, 6.45) is 10.7. The third-order valence-electron chi connectivity index (χ3n) is 11.7. The third kappa shape index (κ3) is 8.49. The molecule has 4 aliphatic rings. The number of hydrogen-bond acceptors (Lipinski definition) is 10. The number of nitrogens with one attached hydrogen (secondary N) is 5. The number of anilines is 1. The van der Waals surface area contributed by atoms with Crippen LogP contribution < -0.4 is 26.5 Å². The first-order chi connectivity index (χ1) is 27.5. The number of piperazine rings is 1. The van der Waals surface area contributed by atoms with Crippen LogP contribution in [0.15, 0.2) is 90.4 Å². The maximum atomic E-state index is 12.9. The van der Waals surface area contributed by atoms with Crippen molar-refractivity contribution in [3.05, 3.63) is 107 Å². The Bertz CT molecular complexity index is 2240. The molecule has 0 spiro atoms. The van der Waals surface area contributed by atoms with E-state index in [0.717, 1.165) is 73.3 Å². The van der Waals surface area contributed by atoms with Gasteiger partial charge in [-0.2, -0.15) is 5.10 Å². The normalized spacial score (nSPS) is 20.5. The minimum absolute atomic E-state index is 0.146. The maximum absolute atomic E-state index is 12.9. The molecule has 2 aromatic carbocycles. The average molecular weight is 769 g/mol. The Hall–Kier alpha value is -5.79. The van der Waals surface area contributed by atoms with Gasteiger partial charge in [0.15, 0.2) is 5.65 Å². The first-order valence-electron chi connectivity index (χ1n) is 20.0. The van der Waals surface area contributed by atoms with Gasteiger partial charge in [0.25, 0.3) is 5.91 Å². The van der Waals surface area contributed by atoms with Crippen molar-refractivity contribution in [1.29, 1.82) is 0 Å². The van der Waals surface area contributed by atoms with E-state index in [1.807, 2.05) is 23.3 Å². The molecule has 2 unspecified atom stereocenters. The van der Waals surface area contributed by atoms with Crippen molar-refractivity contribution in [2.45, 2.75) is 64.8 Å². The van der Waals surface area contributed by atoms with Gasteiger partial charge in [-0.15, -0.1) is 5.53 Å². The minimum Gasteiger partial charge on any atom is -0.369 e. The zero-order chi connectivity index (χ0) is 39.7. The number of aromatic nitrogens is 3. The zero-order valence-corrected chi connectivity index (χ0v) is 33.2. The number of amides is 3. The van der Waals surface area contributed by atoms with Gasteiger partial charge in [-0.05, 0) is 92.0 Å². The van der Waals surface area contributed by atoms with Crippen LogP contribution in [-0.2, 0) is 20.8 Å². The number of nitrogens with zero attached hydrogens (tertiary/aromatic N) is 5. The van der Waals surface area contributed by atoms with Crippen LogP contribution in [0, 0.1) is 5.92 Å². The molecule has 13 nitrogen and oxygen atoms in total. The second-order valence-corrected chi connectivity index (χ2v) is 16.6. The number of allylic oxidation sites excluding steroid dienone is 3. The Kier molecular flexibility index (Phi) is 10.7. The summed E-state index contributed by atoms with van der Waals surface area (Å²) < 4.78 is 0. The van der Waals surface area contributed by atoms with Gasteiger partial charge in [0.1, 0.15) is 5.70 Å². The SMILES string of the molecule is CC1CC(c2[nH]nc3ncc(-c4ccc(N5CCN(CCc6ccc(C7CCC(=O)NC7=O)cc6)CC5)cc4)cc23)=CC=C1CNC(=O)C1=CN(C(C)(C)C)NN1. The molecule has 1 aliphatic carbocycles. The molecule has 3 amide bonds. The Balaban J connectivity index is 0.845. The van der Waals surface area contributed by atoms with E-state index >= 15 is 0 Å². The lowest BCUT2D eigenvalue weighted by Gasteiger charge is -2.36. The summed E-state index contributed by atoms with van der Waals surface area (Å²) in [6, 6.07) is 19.3. The third-order valence-corrected chi connectivity index (χ3v) is 11.7. The molecule has 5 N–H and O–H groups in total. The number of aromatic amines is 1. The van der Waals surface area contributed by atoms with E-state index in [4.69, 9.17) is 4.98 Å². The highest BCUT2D eigenvalue weighted by atomic mass is 16.2. The van der Waals surface area contributed by atoms with Crippen molar-refractivity contribution in [3.63, 3.8) is 0 Å². The Morgan fingerprint density at radius 1 is 0.965 bits per heavy atom. The van der Waals surface area contributed by atoms with Gasteiger partial charge in [0.2, 0.25) is 11.8 Å². The Morgan fingerprint density at radius 3 is 2.44 bits per heavy atom. The minimum atomic E-state index is -0.239. The number of rotatable bonds is 10. The van der Waals surface area contributed by atoms with Gasteiger partial charge in [-0.3, -0.25) is 40.1 Å². The smallest absolute Gasteiger partial charge is 0.270 e. The van der Waals surface area contributed by atoms with Crippen molar-refractivity contribution in [1.82, 2.24) is 46.7 Å². The van der Waals surface area contributed by atoms with Crippen molar-refractivity contribution >= 4 is 40.0 Å². The Labute approximate surface area is 333 Å². The number of carbonyl (C=O) groups excluding carboxylic acids is 3. The fraction of sp³-hybridized carbons (Fsp3) is 0.386. The van der Waals surface area contributed by atoms with Gasteiger partial charge in [-0.25, -0.2) is 4.98 Å². The molecule has 0 saturated carbocycles. The van der Waals surface area contributed by atoms with Crippen LogP contribution in [-0.4, -0.2) is 87.6 Å². The summed E-state index contributed by atoms with van der Waals surface area (Å²) in [5.74, 6) is -0.508. The summed E-state index contributed by atoms with van der Waals surface area (Å²) in [4.78, 5) is 46.3. The molecule has 2 atom stereocenters. The highest BCUT2D eigenvalue weighted by Gasteiger charge is 2.29. The lowest BCUT2D eigenvalue weighted by molar-refractivity contribution is -0.134. The predicted octanol–water partition coefficient (Wildman–Crippen LogP) is 4.94. The van der Waals surface area contributed by atoms with Crippen LogP contribution in [0.5, 0.6) is 0 Å². The molecule has 8 rings (SSSR count). The number of hydrogen-bond donors (Lipinski definition) is 5. The van der Waals surface area contributed by atoms with E-state index < -0.39 is 0 Å². The predicted molar refractivity (Wildman–Crippen MR) is 222 cm³/mol. The van der Waals surface area contributed by atoms with Crippen molar-refractivity contribution in [3.8, 4) is 11.1 Å². The molecular formula is C44H52N10O3. The summed E-state index contributed by atoms with van der Waals surface area (Å²) >= 11 is 0. The van der Waals surface area contributed by atoms with E-state index in [-0.39, 0.29) is 35.1 Å². The number of H-pyrrole nitrogens is 1. The van der Waals surface area contributed by atoms with E-state index in [2.05, 4.69) is 124 Å². The van der Waals surface area contributed by atoms with Crippen LogP contribution in [0.2, 0.25) is 0 Å². The van der Waals surface area contributed by atoms with Crippen molar-refractivity contribution < 1.29 is 14.4 Å². The molecule has 0 bridgehead atoms. The van der Waals surface area contributed by atoms with Gasteiger partial charge in [-0.1, -0.05) is 55.5 Å². The van der Waals surface area contributed by atoms with E-state index in [1.54, 1.807) is 6.20 Å². The molecule has 296 valence electrons. The summed E-state index contributed by atoms with van der Waals surface area (Å²) in [5, 5.41) is 16.2.